The van der Waals surface area contributed by atoms with E-state index in [1.165, 1.54) is 12.1 Å². The molecule has 0 amide bonds. The van der Waals surface area contributed by atoms with Crippen molar-refractivity contribution in [3.8, 4) is 12.1 Å². The van der Waals surface area contributed by atoms with Gasteiger partial charge in [0.2, 0.25) is 0 Å². The highest BCUT2D eigenvalue weighted by Crippen LogP contribution is 2.33. The van der Waals surface area contributed by atoms with Gasteiger partial charge in [-0.05, 0) is 0 Å². The zero-order chi connectivity index (χ0) is 21.9. The lowest BCUT2D eigenvalue weighted by atomic mass is 9.89. The maximum absolute atomic E-state index is 12.6. The van der Waals surface area contributed by atoms with Crippen molar-refractivity contribution in [2.45, 2.75) is 12.4 Å². The highest BCUT2D eigenvalue weighted by Gasteiger charge is 2.32. The normalized spacial score (nSPS) is 12.9. The standard InChI is InChI=1S/C16H6F6N2O4/c17-15(18,19)3-9(13(25)26)7-1-2-8(12(6-24)11(7)5-23)10(14(27)28)4-16(20,21)22/h1-4H,(H,25,26)(H,27,28). The number of carboxylic acid groups (broad SMARTS) is 2. The van der Waals surface area contributed by atoms with Crippen LogP contribution >= 0.6 is 0 Å². The van der Waals surface area contributed by atoms with Gasteiger partial charge < -0.3 is 10.2 Å². The minimum atomic E-state index is -5.13. The molecular formula is C16H6F6N2O4. The number of carboxylic acids is 2. The first-order valence-corrected chi connectivity index (χ1v) is 6.75. The van der Waals surface area contributed by atoms with Gasteiger partial charge in [-0.25, -0.2) is 9.59 Å². The molecule has 0 fully saturated rings. The summed E-state index contributed by atoms with van der Waals surface area (Å²) in [5.41, 5.74) is -6.78. The topological polar surface area (TPSA) is 122 Å². The highest BCUT2D eigenvalue weighted by atomic mass is 19.4. The number of aliphatic carboxylic acids is 2. The second-order valence-corrected chi connectivity index (χ2v) is 4.94. The number of halogens is 6. The van der Waals surface area contributed by atoms with Gasteiger partial charge in [0.1, 0.15) is 12.1 Å². The number of benzene rings is 1. The molecular weight excluding hydrogens is 398 g/mol. The van der Waals surface area contributed by atoms with Crippen molar-refractivity contribution in [1.29, 1.82) is 10.5 Å². The van der Waals surface area contributed by atoms with Gasteiger partial charge in [0.25, 0.3) is 0 Å². The lowest BCUT2D eigenvalue weighted by molar-refractivity contribution is -0.131. The molecule has 0 aliphatic carbocycles. The Morgan fingerprint density at radius 3 is 1.25 bits per heavy atom. The molecule has 1 aromatic rings. The van der Waals surface area contributed by atoms with Crippen molar-refractivity contribution < 1.29 is 46.1 Å². The van der Waals surface area contributed by atoms with Gasteiger partial charge in [-0.15, -0.1) is 0 Å². The molecule has 0 aliphatic rings. The summed E-state index contributed by atoms with van der Waals surface area (Å²) >= 11 is 0. The van der Waals surface area contributed by atoms with Gasteiger partial charge in [0, 0.05) is 23.3 Å². The Morgan fingerprint density at radius 1 is 0.786 bits per heavy atom. The summed E-state index contributed by atoms with van der Waals surface area (Å²) < 4.78 is 75.4. The average molecular weight is 404 g/mol. The maximum Gasteiger partial charge on any atom is 0.410 e. The molecule has 28 heavy (non-hydrogen) atoms. The summed E-state index contributed by atoms with van der Waals surface area (Å²) in [6.07, 6.45) is -11.6. The van der Waals surface area contributed by atoms with E-state index in [-0.39, 0.29) is 0 Å². The number of carbonyl (C=O) groups is 2. The molecule has 0 bridgehead atoms. The number of hydrogen-bond acceptors (Lipinski definition) is 4. The van der Waals surface area contributed by atoms with Gasteiger partial charge in [-0.2, -0.15) is 36.9 Å². The van der Waals surface area contributed by atoms with E-state index in [0.717, 1.165) is 0 Å². The summed E-state index contributed by atoms with van der Waals surface area (Å²) in [5.74, 6) is -4.26. The summed E-state index contributed by atoms with van der Waals surface area (Å²) in [6, 6.07) is 3.52. The van der Waals surface area contributed by atoms with Gasteiger partial charge in [0.05, 0.1) is 22.3 Å². The second-order valence-electron chi connectivity index (χ2n) is 4.94. The molecule has 1 rings (SSSR count). The van der Waals surface area contributed by atoms with Crippen LogP contribution in [-0.4, -0.2) is 34.5 Å². The molecule has 0 aromatic heterocycles. The van der Waals surface area contributed by atoms with E-state index < -0.39 is 69.8 Å². The molecule has 6 nitrogen and oxygen atoms in total. The van der Waals surface area contributed by atoms with Crippen LogP contribution in [0.15, 0.2) is 24.3 Å². The number of hydrogen-bond donors (Lipinski definition) is 2. The van der Waals surface area contributed by atoms with Crippen molar-refractivity contribution in [2.75, 3.05) is 0 Å². The van der Waals surface area contributed by atoms with Crippen molar-refractivity contribution >= 4 is 23.1 Å². The Labute approximate surface area is 151 Å². The van der Waals surface area contributed by atoms with Crippen molar-refractivity contribution in [3.05, 3.63) is 46.5 Å². The molecule has 0 saturated carbocycles. The smallest absolute Gasteiger partial charge is 0.410 e. The zero-order valence-corrected chi connectivity index (χ0v) is 13.2. The summed E-state index contributed by atoms with van der Waals surface area (Å²) in [4.78, 5) is 22.3. The minimum Gasteiger partial charge on any atom is -0.478 e. The van der Waals surface area contributed by atoms with E-state index in [1.807, 2.05) is 0 Å². The summed E-state index contributed by atoms with van der Waals surface area (Å²) in [5, 5.41) is 36.2. The van der Waals surface area contributed by atoms with Gasteiger partial charge in [-0.1, -0.05) is 12.1 Å². The molecule has 0 spiro atoms. The predicted octanol–water partition coefficient (Wildman–Crippen LogP) is 3.49. The fraction of sp³-hybridized carbons (Fsp3) is 0.125. The van der Waals surface area contributed by atoms with E-state index >= 15 is 0 Å². The number of nitrogens with zero attached hydrogens (tertiary/aromatic N) is 2. The highest BCUT2D eigenvalue weighted by molar-refractivity contribution is 6.18. The van der Waals surface area contributed by atoms with Crippen LogP contribution in [0.4, 0.5) is 26.3 Å². The lowest BCUT2D eigenvalue weighted by Crippen LogP contribution is -2.13. The fourth-order valence-corrected chi connectivity index (χ4v) is 2.12. The fourth-order valence-electron chi connectivity index (χ4n) is 2.12. The lowest BCUT2D eigenvalue weighted by Gasteiger charge is -2.13. The Bertz CT molecular complexity index is 896. The van der Waals surface area contributed by atoms with Crippen molar-refractivity contribution in [1.82, 2.24) is 0 Å². The first kappa shape index (κ1) is 22.2. The molecule has 1 aromatic carbocycles. The predicted molar refractivity (Wildman–Crippen MR) is 79.2 cm³/mol. The van der Waals surface area contributed by atoms with Crippen LogP contribution in [0, 0.1) is 22.7 Å². The molecule has 146 valence electrons. The molecule has 0 saturated heterocycles. The molecule has 0 atom stereocenters. The molecule has 0 radical (unpaired) electrons. The number of allylic oxidation sites excluding steroid dienone is 2. The number of alkyl halides is 6. The Kier molecular flexibility index (Phi) is 6.22. The third kappa shape index (κ3) is 5.35. The Hall–Kier alpha value is -3.80. The molecule has 0 unspecified atom stereocenters. The molecule has 12 heteroatoms. The van der Waals surface area contributed by atoms with Crippen LogP contribution in [0.1, 0.15) is 22.3 Å². The number of nitriles is 2. The Morgan fingerprint density at radius 2 is 1.07 bits per heavy atom. The quantitative estimate of drug-likeness (QED) is 0.585. The van der Waals surface area contributed by atoms with E-state index in [9.17, 15) is 35.9 Å². The molecule has 2 N–H and O–H groups in total. The van der Waals surface area contributed by atoms with Crippen LogP contribution in [-0.2, 0) is 9.59 Å². The van der Waals surface area contributed by atoms with E-state index in [4.69, 9.17) is 20.7 Å². The van der Waals surface area contributed by atoms with Crippen LogP contribution < -0.4 is 0 Å². The van der Waals surface area contributed by atoms with E-state index in [1.54, 1.807) is 0 Å². The zero-order valence-electron chi connectivity index (χ0n) is 13.2. The van der Waals surface area contributed by atoms with Crippen molar-refractivity contribution in [3.63, 3.8) is 0 Å². The third-order valence-electron chi connectivity index (χ3n) is 3.09. The van der Waals surface area contributed by atoms with Crippen LogP contribution in [0.25, 0.3) is 11.1 Å². The summed E-state index contributed by atoms with van der Waals surface area (Å²) in [6.45, 7) is 0. The first-order valence-electron chi connectivity index (χ1n) is 6.75. The minimum absolute atomic E-state index is 0.521. The second kappa shape index (κ2) is 7.84. The molecule has 0 aliphatic heterocycles. The Balaban J connectivity index is 3.95. The largest absolute Gasteiger partial charge is 0.478 e. The monoisotopic (exact) mass is 404 g/mol. The van der Waals surface area contributed by atoms with E-state index in [0.29, 0.717) is 12.1 Å². The van der Waals surface area contributed by atoms with E-state index in [2.05, 4.69) is 0 Å². The van der Waals surface area contributed by atoms with Crippen LogP contribution in [0.2, 0.25) is 0 Å². The van der Waals surface area contributed by atoms with Crippen molar-refractivity contribution in [2.24, 2.45) is 0 Å². The number of rotatable bonds is 4. The van der Waals surface area contributed by atoms with Crippen LogP contribution in [0.5, 0.6) is 0 Å². The van der Waals surface area contributed by atoms with Gasteiger partial charge >= 0.3 is 24.3 Å². The SMILES string of the molecule is N#Cc1c(C(=CC(F)(F)F)C(=O)O)ccc(C(=CC(F)(F)F)C(=O)O)c1C#N. The summed E-state index contributed by atoms with van der Waals surface area (Å²) in [7, 11) is 0. The molecule has 0 heterocycles. The van der Waals surface area contributed by atoms with Gasteiger partial charge in [0.15, 0.2) is 0 Å². The van der Waals surface area contributed by atoms with Gasteiger partial charge in [-0.3, -0.25) is 0 Å². The maximum atomic E-state index is 12.6. The van der Waals surface area contributed by atoms with Crippen LogP contribution in [0.3, 0.4) is 0 Å². The third-order valence-corrected chi connectivity index (χ3v) is 3.09. The average Bonchev–Trinajstić information content (AvgIpc) is 2.54. The first-order chi connectivity index (χ1) is 12.7.